The Kier molecular flexibility index (Phi) is 7.45. The molecular weight excluding hydrogens is 420 g/mol. The average Bonchev–Trinajstić information content (AvgIpc) is 3.04. The Hall–Kier alpha value is -2.44. The van der Waals surface area contributed by atoms with E-state index in [2.05, 4.69) is 11.9 Å². The van der Waals surface area contributed by atoms with E-state index < -0.39 is 0 Å². The molecule has 1 amide bonds. The van der Waals surface area contributed by atoms with E-state index in [1.807, 2.05) is 62.4 Å². The van der Waals surface area contributed by atoms with Crippen molar-refractivity contribution in [2.45, 2.75) is 33.3 Å². The van der Waals surface area contributed by atoms with Gasteiger partial charge in [-0.3, -0.25) is 9.69 Å². The second kappa shape index (κ2) is 10.0. The topological polar surface area (TPSA) is 51.1 Å². The molecule has 1 saturated heterocycles. The second-order valence-electron chi connectivity index (χ2n) is 6.78. The number of likely N-dealkylation sites (N-methyl/N-ethyl adjacent to an activating group) is 1. The maximum Gasteiger partial charge on any atom is 0.266 e. The summed E-state index contributed by atoms with van der Waals surface area (Å²) in [6.45, 7) is 6.54. The Bertz CT molecular complexity index is 973. The van der Waals surface area contributed by atoms with Crippen molar-refractivity contribution in [1.82, 2.24) is 4.90 Å². The van der Waals surface area contributed by atoms with Crippen molar-refractivity contribution >= 4 is 46.2 Å². The number of amidine groups is 1. The van der Waals surface area contributed by atoms with E-state index in [9.17, 15) is 4.79 Å². The van der Waals surface area contributed by atoms with Crippen molar-refractivity contribution < 1.29 is 14.3 Å². The Morgan fingerprint density at radius 3 is 2.53 bits per heavy atom. The molecule has 3 rings (SSSR count). The summed E-state index contributed by atoms with van der Waals surface area (Å²) in [6, 6.07) is 13.0. The van der Waals surface area contributed by atoms with Gasteiger partial charge in [0.2, 0.25) is 0 Å². The Balaban J connectivity index is 1.84. The van der Waals surface area contributed by atoms with Gasteiger partial charge >= 0.3 is 0 Å². The van der Waals surface area contributed by atoms with Crippen LogP contribution in [0.15, 0.2) is 52.4 Å². The number of thioether (sulfide) groups is 1. The van der Waals surface area contributed by atoms with Crippen molar-refractivity contribution in [2.24, 2.45) is 4.99 Å². The standard InChI is InChI=1S/C23H25ClN2O3S/c1-5-15(3)29-20-12-7-16(13-19(20)24)14-21-22(27)26(6-2)23(30-21)25-17-8-10-18(28-4)11-9-17/h7-15H,5-6H2,1-4H3/b21-14-,25-23?/t15-/m0/s1. The Morgan fingerprint density at radius 2 is 1.93 bits per heavy atom. The number of aliphatic imine (C=N–C) groups is 1. The normalized spacial score (nSPS) is 17.6. The molecular formula is C23H25ClN2O3S. The molecule has 1 aliphatic rings. The molecule has 0 aromatic heterocycles. The van der Waals surface area contributed by atoms with Crippen LogP contribution in [0.4, 0.5) is 5.69 Å². The number of hydrogen-bond acceptors (Lipinski definition) is 5. The van der Waals surface area contributed by atoms with Gasteiger partial charge in [-0.05, 0) is 80.1 Å². The molecule has 7 heteroatoms. The molecule has 2 aromatic rings. The molecule has 0 radical (unpaired) electrons. The van der Waals surface area contributed by atoms with Gasteiger partial charge in [-0.25, -0.2) is 4.99 Å². The number of rotatable bonds is 7. The quantitative estimate of drug-likeness (QED) is 0.480. The number of methoxy groups -OCH3 is 1. The third-order valence-corrected chi connectivity index (χ3v) is 5.96. The van der Waals surface area contributed by atoms with E-state index in [0.29, 0.717) is 27.4 Å². The van der Waals surface area contributed by atoms with E-state index in [4.69, 9.17) is 21.1 Å². The lowest BCUT2D eigenvalue weighted by atomic mass is 10.2. The third-order valence-electron chi connectivity index (χ3n) is 4.66. The molecule has 0 N–H and O–H groups in total. The zero-order valence-electron chi connectivity index (χ0n) is 17.5. The van der Waals surface area contributed by atoms with Gasteiger partial charge in [-0.15, -0.1) is 0 Å². The van der Waals surface area contributed by atoms with Gasteiger partial charge in [0.15, 0.2) is 5.17 Å². The van der Waals surface area contributed by atoms with Crippen LogP contribution in [-0.2, 0) is 4.79 Å². The monoisotopic (exact) mass is 444 g/mol. The minimum atomic E-state index is -0.0641. The number of halogens is 1. The van der Waals surface area contributed by atoms with Crippen molar-refractivity contribution in [3.63, 3.8) is 0 Å². The Labute approximate surface area is 186 Å². The van der Waals surface area contributed by atoms with Gasteiger partial charge < -0.3 is 9.47 Å². The molecule has 1 heterocycles. The predicted molar refractivity (Wildman–Crippen MR) is 125 cm³/mol. The molecule has 1 atom stereocenters. The summed E-state index contributed by atoms with van der Waals surface area (Å²) in [5.74, 6) is 1.35. The molecule has 1 aliphatic heterocycles. The molecule has 158 valence electrons. The van der Waals surface area contributed by atoms with Crippen LogP contribution in [0.3, 0.4) is 0 Å². The molecule has 0 spiro atoms. The SMILES string of the molecule is CC[C@H](C)Oc1ccc(/C=C2\SC(=Nc3ccc(OC)cc3)N(CC)C2=O)cc1Cl. The van der Waals surface area contributed by atoms with Crippen LogP contribution in [0, 0.1) is 0 Å². The fraction of sp³-hybridized carbons (Fsp3) is 0.304. The molecule has 30 heavy (non-hydrogen) atoms. The summed E-state index contributed by atoms with van der Waals surface area (Å²) in [4.78, 5) is 19.8. The zero-order valence-corrected chi connectivity index (χ0v) is 19.1. The van der Waals surface area contributed by atoms with Crippen molar-refractivity contribution in [3.8, 4) is 11.5 Å². The minimum absolute atomic E-state index is 0.0641. The molecule has 5 nitrogen and oxygen atoms in total. The third kappa shape index (κ3) is 5.18. The van der Waals surface area contributed by atoms with Gasteiger partial charge in [0.05, 0.1) is 28.8 Å². The zero-order chi connectivity index (χ0) is 21.7. The van der Waals surface area contributed by atoms with Crippen LogP contribution in [0.2, 0.25) is 5.02 Å². The van der Waals surface area contributed by atoms with Crippen molar-refractivity contribution in [2.75, 3.05) is 13.7 Å². The van der Waals surface area contributed by atoms with Crippen LogP contribution >= 0.6 is 23.4 Å². The lowest BCUT2D eigenvalue weighted by Gasteiger charge is -2.14. The van der Waals surface area contributed by atoms with Crippen molar-refractivity contribution in [3.05, 3.63) is 58.0 Å². The highest BCUT2D eigenvalue weighted by Gasteiger charge is 2.32. The highest BCUT2D eigenvalue weighted by molar-refractivity contribution is 8.18. The number of nitrogens with zero attached hydrogens (tertiary/aromatic N) is 2. The van der Waals surface area contributed by atoms with Gasteiger partial charge in [0, 0.05) is 6.54 Å². The molecule has 0 aliphatic carbocycles. The largest absolute Gasteiger partial charge is 0.497 e. The summed E-state index contributed by atoms with van der Waals surface area (Å²) < 4.78 is 11.0. The van der Waals surface area contributed by atoms with Crippen LogP contribution in [0.25, 0.3) is 6.08 Å². The smallest absolute Gasteiger partial charge is 0.266 e. The highest BCUT2D eigenvalue weighted by Crippen LogP contribution is 2.35. The molecule has 2 aromatic carbocycles. The number of carbonyl (C=O) groups is 1. The van der Waals surface area contributed by atoms with E-state index >= 15 is 0 Å². The molecule has 0 unspecified atom stereocenters. The maximum absolute atomic E-state index is 12.9. The average molecular weight is 445 g/mol. The second-order valence-corrected chi connectivity index (χ2v) is 8.20. The summed E-state index contributed by atoms with van der Waals surface area (Å²) >= 11 is 7.74. The van der Waals surface area contributed by atoms with E-state index in [1.165, 1.54) is 11.8 Å². The van der Waals surface area contributed by atoms with Gasteiger partial charge in [-0.2, -0.15) is 0 Å². The molecule has 0 bridgehead atoms. The molecule has 1 fully saturated rings. The van der Waals surface area contributed by atoms with Crippen molar-refractivity contribution in [1.29, 1.82) is 0 Å². The first kappa shape index (κ1) is 22.2. The Morgan fingerprint density at radius 1 is 1.20 bits per heavy atom. The van der Waals surface area contributed by atoms with Crippen LogP contribution < -0.4 is 9.47 Å². The first-order valence-electron chi connectivity index (χ1n) is 9.85. The van der Waals surface area contributed by atoms with E-state index in [-0.39, 0.29) is 12.0 Å². The summed E-state index contributed by atoms with van der Waals surface area (Å²) in [5.41, 5.74) is 1.61. The number of benzene rings is 2. The minimum Gasteiger partial charge on any atom is -0.497 e. The fourth-order valence-corrected chi connectivity index (χ4v) is 4.09. The number of amides is 1. The highest BCUT2D eigenvalue weighted by atomic mass is 35.5. The van der Waals surface area contributed by atoms with Gasteiger partial charge in [0.1, 0.15) is 11.5 Å². The van der Waals surface area contributed by atoms with Gasteiger partial charge in [-0.1, -0.05) is 24.6 Å². The maximum atomic E-state index is 12.9. The van der Waals surface area contributed by atoms with Crippen LogP contribution in [0.1, 0.15) is 32.8 Å². The van der Waals surface area contributed by atoms with E-state index in [0.717, 1.165) is 23.4 Å². The number of hydrogen-bond donors (Lipinski definition) is 0. The van der Waals surface area contributed by atoms with Crippen LogP contribution in [-0.4, -0.2) is 35.7 Å². The number of carbonyl (C=O) groups excluding carboxylic acids is 1. The first-order valence-corrected chi connectivity index (χ1v) is 11.0. The first-order chi connectivity index (χ1) is 14.4. The fourth-order valence-electron chi connectivity index (χ4n) is 2.79. The van der Waals surface area contributed by atoms with Gasteiger partial charge in [0.25, 0.3) is 5.91 Å². The lowest BCUT2D eigenvalue weighted by Crippen LogP contribution is -2.28. The summed E-state index contributed by atoms with van der Waals surface area (Å²) in [6.07, 6.45) is 2.83. The molecule has 0 saturated carbocycles. The lowest BCUT2D eigenvalue weighted by molar-refractivity contribution is -0.122. The predicted octanol–water partition coefficient (Wildman–Crippen LogP) is 6.15. The summed E-state index contributed by atoms with van der Waals surface area (Å²) in [7, 11) is 1.62. The van der Waals surface area contributed by atoms with E-state index in [1.54, 1.807) is 12.0 Å². The number of ether oxygens (including phenoxy) is 2. The van der Waals surface area contributed by atoms with Crippen LogP contribution in [0.5, 0.6) is 11.5 Å². The summed E-state index contributed by atoms with van der Waals surface area (Å²) in [5, 5.41) is 1.18.